The summed E-state index contributed by atoms with van der Waals surface area (Å²) in [6.45, 7) is 10.5. The first-order valence-electron chi connectivity index (χ1n) is 6.89. The fraction of sp³-hybridized carbons (Fsp3) is 0.929. The third-order valence-corrected chi connectivity index (χ3v) is 2.54. The predicted molar refractivity (Wildman–Crippen MR) is 80.5 cm³/mol. The Kier molecular flexibility index (Phi) is 14.0. The first kappa shape index (κ1) is 21.0. The Bertz CT molecular complexity index is 223. The molecule has 0 spiro atoms. The highest BCUT2D eigenvalue weighted by Crippen LogP contribution is 2.14. The molecule has 0 aliphatic heterocycles. The van der Waals surface area contributed by atoms with Crippen LogP contribution in [0.5, 0.6) is 0 Å². The Morgan fingerprint density at radius 3 is 2.21 bits per heavy atom. The van der Waals surface area contributed by atoms with E-state index in [0.29, 0.717) is 44.6 Å². The van der Waals surface area contributed by atoms with Crippen molar-refractivity contribution in [1.82, 2.24) is 0 Å². The molecule has 0 fully saturated rings. The van der Waals surface area contributed by atoms with Crippen LogP contribution in [-0.2, 0) is 14.3 Å². The molecule has 1 atom stereocenters. The van der Waals surface area contributed by atoms with Gasteiger partial charge in [0.2, 0.25) is 0 Å². The number of esters is 1. The van der Waals surface area contributed by atoms with Crippen molar-refractivity contribution in [2.75, 3.05) is 26.4 Å². The molecule has 0 rings (SSSR count). The van der Waals surface area contributed by atoms with Crippen LogP contribution in [0.4, 0.5) is 0 Å². The number of hydrogen-bond donors (Lipinski definition) is 1. The number of carbonyl (C=O) groups excluding carboxylic acids is 1. The van der Waals surface area contributed by atoms with E-state index in [9.17, 15) is 4.79 Å². The first-order chi connectivity index (χ1) is 8.45. The quantitative estimate of drug-likeness (QED) is 0.497. The molecule has 0 radical (unpaired) electrons. The normalized spacial score (nSPS) is 12.4. The Morgan fingerprint density at radius 2 is 1.74 bits per heavy atom. The van der Waals surface area contributed by atoms with Gasteiger partial charge in [0, 0.05) is 13.0 Å². The molecule has 2 N–H and O–H groups in total. The summed E-state index contributed by atoms with van der Waals surface area (Å²) in [5.74, 6) is 1.13. The second-order valence-electron chi connectivity index (χ2n) is 5.62. The van der Waals surface area contributed by atoms with Crippen LogP contribution < -0.4 is 5.73 Å². The third-order valence-electron chi connectivity index (χ3n) is 2.54. The molecule has 5 heteroatoms. The molecule has 4 nitrogen and oxygen atoms in total. The van der Waals surface area contributed by atoms with Crippen molar-refractivity contribution >= 4 is 18.4 Å². The van der Waals surface area contributed by atoms with Crippen LogP contribution in [0.25, 0.3) is 0 Å². The standard InChI is InChI=1S/C14H29NO3.ClH/c1-11(2)7-13(9-15)8-14(16)18-6-5-17-10-12(3)4;/h11-13H,5-10,15H2,1-4H3;1H/t13-;/m0./s1. The maximum absolute atomic E-state index is 11.6. The van der Waals surface area contributed by atoms with Gasteiger partial charge >= 0.3 is 5.97 Å². The molecule has 0 saturated carbocycles. The summed E-state index contributed by atoms with van der Waals surface area (Å²) in [5.41, 5.74) is 5.65. The fourth-order valence-corrected chi connectivity index (χ4v) is 1.76. The lowest BCUT2D eigenvalue weighted by molar-refractivity contribution is -0.146. The Morgan fingerprint density at radius 1 is 1.11 bits per heavy atom. The highest BCUT2D eigenvalue weighted by molar-refractivity contribution is 5.85. The van der Waals surface area contributed by atoms with Crippen molar-refractivity contribution in [3.05, 3.63) is 0 Å². The Hall–Kier alpha value is -0.320. The molecule has 0 amide bonds. The summed E-state index contributed by atoms with van der Waals surface area (Å²) >= 11 is 0. The zero-order valence-electron chi connectivity index (χ0n) is 12.7. The summed E-state index contributed by atoms with van der Waals surface area (Å²) in [4.78, 5) is 11.6. The maximum atomic E-state index is 11.6. The molecule has 0 aromatic rings. The highest BCUT2D eigenvalue weighted by Gasteiger charge is 2.14. The molecule has 0 aromatic carbocycles. The van der Waals surface area contributed by atoms with Crippen LogP contribution in [0.2, 0.25) is 0 Å². The van der Waals surface area contributed by atoms with Crippen molar-refractivity contribution in [1.29, 1.82) is 0 Å². The van der Waals surface area contributed by atoms with Crippen molar-refractivity contribution < 1.29 is 14.3 Å². The van der Waals surface area contributed by atoms with Crippen LogP contribution in [0.15, 0.2) is 0 Å². The summed E-state index contributed by atoms with van der Waals surface area (Å²) in [5, 5.41) is 0. The van der Waals surface area contributed by atoms with Crippen molar-refractivity contribution in [2.24, 2.45) is 23.5 Å². The highest BCUT2D eigenvalue weighted by atomic mass is 35.5. The first-order valence-corrected chi connectivity index (χ1v) is 6.89. The summed E-state index contributed by atoms with van der Waals surface area (Å²) < 4.78 is 10.5. The summed E-state index contributed by atoms with van der Waals surface area (Å²) in [6, 6.07) is 0. The fourth-order valence-electron chi connectivity index (χ4n) is 1.76. The van der Waals surface area contributed by atoms with E-state index in [0.717, 1.165) is 6.42 Å². The summed E-state index contributed by atoms with van der Waals surface area (Å²) in [7, 11) is 0. The largest absolute Gasteiger partial charge is 0.463 e. The van der Waals surface area contributed by atoms with Gasteiger partial charge in [-0.2, -0.15) is 0 Å². The average Bonchev–Trinajstić information content (AvgIpc) is 2.26. The van der Waals surface area contributed by atoms with Gasteiger partial charge in [-0.15, -0.1) is 12.4 Å². The second-order valence-corrected chi connectivity index (χ2v) is 5.62. The minimum atomic E-state index is -0.167. The number of halogens is 1. The van der Waals surface area contributed by atoms with Crippen LogP contribution in [0.3, 0.4) is 0 Å². The lowest BCUT2D eigenvalue weighted by Gasteiger charge is -2.16. The van der Waals surface area contributed by atoms with Gasteiger partial charge < -0.3 is 15.2 Å². The van der Waals surface area contributed by atoms with E-state index in [1.807, 2.05) is 0 Å². The minimum absolute atomic E-state index is 0. The van der Waals surface area contributed by atoms with Gasteiger partial charge in [0.25, 0.3) is 0 Å². The van der Waals surface area contributed by atoms with Crippen LogP contribution >= 0.6 is 12.4 Å². The molecule has 0 aliphatic carbocycles. The zero-order chi connectivity index (χ0) is 14.0. The van der Waals surface area contributed by atoms with Gasteiger partial charge in [0.1, 0.15) is 6.61 Å². The van der Waals surface area contributed by atoms with E-state index in [-0.39, 0.29) is 24.3 Å². The predicted octanol–water partition coefficient (Wildman–Crippen LogP) is 2.64. The number of ether oxygens (including phenoxy) is 2. The second kappa shape index (κ2) is 12.7. The molecule has 0 aromatic heterocycles. The summed E-state index contributed by atoms with van der Waals surface area (Å²) in [6.07, 6.45) is 1.38. The molecule has 19 heavy (non-hydrogen) atoms. The minimum Gasteiger partial charge on any atom is -0.463 e. The lowest BCUT2D eigenvalue weighted by atomic mass is 9.94. The molecular weight excluding hydrogens is 266 g/mol. The monoisotopic (exact) mass is 295 g/mol. The van der Waals surface area contributed by atoms with Crippen molar-refractivity contribution in [2.45, 2.75) is 40.5 Å². The van der Waals surface area contributed by atoms with Crippen LogP contribution in [0.1, 0.15) is 40.5 Å². The Balaban J connectivity index is 0. The molecule has 0 aliphatic rings. The molecule has 0 bridgehead atoms. The number of rotatable bonds is 10. The molecular formula is C14H30ClNO3. The SMILES string of the molecule is CC(C)COCCOC(=O)C[C@@H](CN)CC(C)C.Cl. The topological polar surface area (TPSA) is 61.5 Å². The lowest BCUT2D eigenvalue weighted by Crippen LogP contribution is -2.22. The maximum Gasteiger partial charge on any atom is 0.306 e. The van der Waals surface area contributed by atoms with Crippen molar-refractivity contribution in [3.63, 3.8) is 0 Å². The van der Waals surface area contributed by atoms with E-state index >= 15 is 0 Å². The number of nitrogens with two attached hydrogens (primary N) is 1. The van der Waals surface area contributed by atoms with E-state index in [4.69, 9.17) is 15.2 Å². The van der Waals surface area contributed by atoms with Gasteiger partial charge in [-0.1, -0.05) is 27.7 Å². The smallest absolute Gasteiger partial charge is 0.306 e. The van der Waals surface area contributed by atoms with Crippen LogP contribution in [0, 0.1) is 17.8 Å². The molecule has 0 heterocycles. The van der Waals surface area contributed by atoms with Gasteiger partial charge in [-0.3, -0.25) is 4.79 Å². The number of hydrogen-bond acceptors (Lipinski definition) is 4. The van der Waals surface area contributed by atoms with E-state index in [2.05, 4.69) is 27.7 Å². The van der Waals surface area contributed by atoms with E-state index in [1.165, 1.54) is 0 Å². The van der Waals surface area contributed by atoms with E-state index < -0.39 is 0 Å². The van der Waals surface area contributed by atoms with Gasteiger partial charge in [0.15, 0.2) is 0 Å². The van der Waals surface area contributed by atoms with Crippen LogP contribution in [-0.4, -0.2) is 32.3 Å². The third kappa shape index (κ3) is 13.9. The van der Waals surface area contributed by atoms with Gasteiger partial charge in [0.05, 0.1) is 6.61 Å². The molecule has 0 saturated heterocycles. The van der Waals surface area contributed by atoms with Gasteiger partial charge in [-0.25, -0.2) is 0 Å². The number of carbonyl (C=O) groups is 1. The van der Waals surface area contributed by atoms with Gasteiger partial charge in [-0.05, 0) is 30.7 Å². The Labute approximate surface area is 123 Å². The van der Waals surface area contributed by atoms with E-state index in [1.54, 1.807) is 0 Å². The molecule has 116 valence electrons. The zero-order valence-corrected chi connectivity index (χ0v) is 13.5. The van der Waals surface area contributed by atoms with Crippen molar-refractivity contribution in [3.8, 4) is 0 Å². The molecule has 0 unspecified atom stereocenters. The average molecular weight is 296 g/mol.